The van der Waals surface area contributed by atoms with E-state index in [1.54, 1.807) is 13.8 Å². The Morgan fingerprint density at radius 2 is 1.93 bits per heavy atom. The summed E-state index contributed by atoms with van der Waals surface area (Å²) in [6.45, 7) is 7.55. The smallest absolute Gasteiger partial charge is 0.156 e. The number of aryl methyl sites for hydroxylation is 2. The first-order valence-corrected chi connectivity index (χ1v) is 5.19. The summed E-state index contributed by atoms with van der Waals surface area (Å²) in [5.74, 6) is 0.0798. The van der Waals surface area contributed by atoms with Gasteiger partial charge in [-0.2, -0.15) is 0 Å². The van der Waals surface area contributed by atoms with Crippen molar-refractivity contribution in [3.8, 4) is 0 Å². The Labute approximate surface area is 91.5 Å². The molecule has 0 aliphatic heterocycles. The van der Waals surface area contributed by atoms with Crippen molar-refractivity contribution in [2.75, 3.05) is 0 Å². The van der Waals surface area contributed by atoms with E-state index in [9.17, 15) is 4.79 Å². The maximum Gasteiger partial charge on any atom is 0.156 e. The van der Waals surface area contributed by atoms with Crippen molar-refractivity contribution in [3.63, 3.8) is 0 Å². The van der Waals surface area contributed by atoms with Gasteiger partial charge in [-0.1, -0.05) is 23.8 Å². The Kier molecular flexibility index (Phi) is 3.30. The second-order valence-electron chi connectivity index (χ2n) is 4.75. The van der Waals surface area contributed by atoms with Crippen LogP contribution in [0, 0.1) is 13.8 Å². The van der Waals surface area contributed by atoms with Crippen LogP contribution >= 0.6 is 0 Å². The van der Waals surface area contributed by atoms with E-state index >= 15 is 0 Å². The monoisotopic (exact) mass is 205 g/mol. The Balaban J connectivity index is 2.90. The summed E-state index contributed by atoms with van der Waals surface area (Å²) in [6, 6.07) is 6.15. The molecular weight excluding hydrogens is 186 g/mol. The molecule has 0 heterocycles. The molecule has 2 heteroatoms. The number of nitrogens with two attached hydrogens (primary N) is 1. The zero-order chi connectivity index (χ0) is 11.6. The van der Waals surface area contributed by atoms with Crippen LogP contribution in [0.25, 0.3) is 0 Å². The number of hydrogen-bond donors (Lipinski definition) is 1. The Bertz CT molecular complexity index is 375. The minimum absolute atomic E-state index is 0.0798. The first kappa shape index (κ1) is 11.9. The van der Waals surface area contributed by atoms with Crippen LogP contribution in [0.1, 0.15) is 30.5 Å². The van der Waals surface area contributed by atoms with Crippen LogP contribution < -0.4 is 5.73 Å². The summed E-state index contributed by atoms with van der Waals surface area (Å²) in [6.07, 6.45) is 0.428. The average Bonchev–Trinajstić information content (AvgIpc) is 2.09. The zero-order valence-corrected chi connectivity index (χ0v) is 9.92. The van der Waals surface area contributed by atoms with Crippen LogP contribution in [0.2, 0.25) is 0 Å². The number of rotatable bonds is 3. The molecule has 0 bridgehead atoms. The molecule has 0 unspecified atom stereocenters. The molecule has 82 valence electrons. The van der Waals surface area contributed by atoms with E-state index in [1.807, 2.05) is 19.9 Å². The molecule has 0 aliphatic carbocycles. The SMILES string of the molecule is Cc1ccc(C)c(CC(=O)C(C)(C)N)c1. The minimum Gasteiger partial charge on any atom is -0.319 e. The Hall–Kier alpha value is -1.15. The standard InChI is InChI=1S/C13H19NO/c1-9-5-6-10(2)11(7-9)8-12(15)13(3,4)14/h5-7H,8,14H2,1-4H3. The first-order chi connectivity index (χ1) is 6.80. The van der Waals surface area contributed by atoms with Crippen molar-refractivity contribution in [1.29, 1.82) is 0 Å². The molecule has 1 aromatic carbocycles. The van der Waals surface area contributed by atoms with Gasteiger partial charge in [-0.15, -0.1) is 0 Å². The van der Waals surface area contributed by atoms with E-state index in [1.165, 1.54) is 5.56 Å². The van der Waals surface area contributed by atoms with Crippen LogP contribution in [0.5, 0.6) is 0 Å². The molecule has 0 atom stereocenters. The number of hydrogen-bond acceptors (Lipinski definition) is 2. The van der Waals surface area contributed by atoms with Gasteiger partial charge in [0.2, 0.25) is 0 Å². The lowest BCUT2D eigenvalue weighted by Crippen LogP contribution is -2.42. The van der Waals surface area contributed by atoms with Crippen molar-refractivity contribution < 1.29 is 4.79 Å². The molecule has 1 rings (SSSR count). The fraction of sp³-hybridized carbons (Fsp3) is 0.462. The predicted octanol–water partition coefficient (Wildman–Crippen LogP) is 2.15. The Morgan fingerprint density at radius 3 is 2.47 bits per heavy atom. The van der Waals surface area contributed by atoms with E-state index in [-0.39, 0.29) is 5.78 Å². The molecule has 0 saturated heterocycles. The fourth-order valence-electron chi connectivity index (χ4n) is 1.39. The highest BCUT2D eigenvalue weighted by atomic mass is 16.1. The van der Waals surface area contributed by atoms with Crippen LogP contribution in [-0.2, 0) is 11.2 Å². The second kappa shape index (κ2) is 4.15. The lowest BCUT2D eigenvalue weighted by Gasteiger charge is -2.17. The van der Waals surface area contributed by atoms with Crippen LogP contribution in [0.15, 0.2) is 18.2 Å². The summed E-state index contributed by atoms with van der Waals surface area (Å²) < 4.78 is 0. The zero-order valence-electron chi connectivity index (χ0n) is 9.92. The molecule has 0 saturated carbocycles. The molecular formula is C13H19NO. The van der Waals surface area contributed by atoms with E-state index in [0.717, 1.165) is 11.1 Å². The molecule has 0 spiro atoms. The molecule has 2 nitrogen and oxygen atoms in total. The summed E-state index contributed by atoms with van der Waals surface area (Å²) in [4.78, 5) is 11.8. The number of benzene rings is 1. The van der Waals surface area contributed by atoms with Gasteiger partial charge < -0.3 is 5.73 Å². The van der Waals surface area contributed by atoms with Gasteiger partial charge in [-0.25, -0.2) is 0 Å². The van der Waals surface area contributed by atoms with Gasteiger partial charge in [0.25, 0.3) is 0 Å². The third-order valence-electron chi connectivity index (χ3n) is 2.57. The molecule has 0 radical (unpaired) electrons. The van der Waals surface area contributed by atoms with E-state index in [4.69, 9.17) is 5.73 Å². The topological polar surface area (TPSA) is 43.1 Å². The highest BCUT2D eigenvalue weighted by Crippen LogP contribution is 2.14. The molecule has 2 N–H and O–H groups in total. The summed E-state index contributed by atoms with van der Waals surface area (Å²) in [7, 11) is 0. The van der Waals surface area contributed by atoms with E-state index in [0.29, 0.717) is 6.42 Å². The highest BCUT2D eigenvalue weighted by Gasteiger charge is 2.22. The van der Waals surface area contributed by atoms with Crippen molar-refractivity contribution in [1.82, 2.24) is 0 Å². The molecule has 15 heavy (non-hydrogen) atoms. The predicted molar refractivity (Wildman–Crippen MR) is 62.9 cm³/mol. The largest absolute Gasteiger partial charge is 0.319 e. The minimum atomic E-state index is -0.740. The van der Waals surface area contributed by atoms with Gasteiger partial charge in [0.05, 0.1) is 5.54 Å². The summed E-state index contributed by atoms with van der Waals surface area (Å²) >= 11 is 0. The van der Waals surface area contributed by atoms with Gasteiger partial charge in [0.15, 0.2) is 5.78 Å². The molecule has 0 aliphatic rings. The maximum atomic E-state index is 11.8. The highest BCUT2D eigenvalue weighted by molar-refractivity contribution is 5.89. The summed E-state index contributed by atoms with van der Waals surface area (Å²) in [5.41, 5.74) is 8.44. The lowest BCUT2D eigenvalue weighted by atomic mass is 9.92. The van der Waals surface area contributed by atoms with Gasteiger partial charge in [0, 0.05) is 6.42 Å². The van der Waals surface area contributed by atoms with Crippen molar-refractivity contribution in [2.24, 2.45) is 5.73 Å². The normalized spacial score (nSPS) is 11.5. The average molecular weight is 205 g/mol. The van der Waals surface area contributed by atoms with E-state index < -0.39 is 5.54 Å². The third-order valence-corrected chi connectivity index (χ3v) is 2.57. The van der Waals surface area contributed by atoms with E-state index in [2.05, 4.69) is 12.1 Å². The fourth-order valence-corrected chi connectivity index (χ4v) is 1.39. The third kappa shape index (κ3) is 3.17. The van der Waals surface area contributed by atoms with Gasteiger partial charge in [0.1, 0.15) is 0 Å². The molecule has 0 aromatic heterocycles. The second-order valence-corrected chi connectivity index (χ2v) is 4.75. The molecule has 0 fully saturated rings. The quantitative estimate of drug-likeness (QED) is 0.821. The van der Waals surface area contributed by atoms with Crippen LogP contribution in [0.4, 0.5) is 0 Å². The number of ketones is 1. The number of carbonyl (C=O) groups excluding carboxylic acids is 1. The first-order valence-electron chi connectivity index (χ1n) is 5.19. The van der Waals surface area contributed by atoms with Gasteiger partial charge in [-0.05, 0) is 38.8 Å². The van der Waals surface area contributed by atoms with Crippen LogP contribution in [0.3, 0.4) is 0 Å². The number of carbonyl (C=O) groups is 1. The van der Waals surface area contributed by atoms with Crippen molar-refractivity contribution in [3.05, 3.63) is 34.9 Å². The molecule has 0 amide bonds. The molecule has 1 aromatic rings. The van der Waals surface area contributed by atoms with Gasteiger partial charge in [-0.3, -0.25) is 4.79 Å². The lowest BCUT2D eigenvalue weighted by molar-refractivity contribution is -0.122. The van der Waals surface area contributed by atoms with Crippen LogP contribution in [-0.4, -0.2) is 11.3 Å². The maximum absolute atomic E-state index is 11.8. The Morgan fingerprint density at radius 1 is 1.33 bits per heavy atom. The van der Waals surface area contributed by atoms with Crippen molar-refractivity contribution >= 4 is 5.78 Å². The van der Waals surface area contributed by atoms with Crippen molar-refractivity contribution in [2.45, 2.75) is 39.7 Å². The van der Waals surface area contributed by atoms with Gasteiger partial charge >= 0.3 is 0 Å². The number of Topliss-reactive ketones (excluding diaryl/α,β-unsaturated/α-hetero) is 1. The summed E-state index contributed by atoms with van der Waals surface area (Å²) in [5, 5.41) is 0.